The molecular weight excluding hydrogens is 198 g/mol. The van der Waals surface area contributed by atoms with E-state index < -0.39 is 0 Å². The van der Waals surface area contributed by atoms with Crippen LogP contribution in [0.2, 0.25) is 0 Å². The SMILES string of the molecule is CC1CCCCN1c1ccc([C@@H](C)N)nc1. The van der Waals surface area contributed by atoms with Crippen molar-refractivity contribution in [3.05, 3.63) is 24.0 Å². The van der Waals surface area contributed by atoms with Gasteiger partial charge in [0.2, 0.25) is 0 Å². The highest BCUT2D eigenvalue weighted by molar-refractivity contribution is 5.46. The molecule has 1 unspecified atom stereocenters. The molecular formula is C13H21N3. The second kappa shape index (κ2) is 4.83. The quantitative estimate of drug-likeness (QED) is 0.831. The highest BCUT2D eigenvalue weighted by Crippen LogP contribution is 2.24. The zero-order valence-corrected chi connectivity index (χ0v) is 10.2. The van der Waals surface area contributed by atoms with E-state index in [1.54, 1.807) is 0 Å². The minimum absolute atomic E-state index is 0.0211. The molecule has 0 aliphatic carbocycles. The fourth-order valence-corrected chi connectivity index (χ4v) is 2.32. The molecule has 1 fully saturated rings. The van der Waals surface area contributed by atoms with Crippen molar-refractivity contribution in [2.75, 3.05) is 11.4 Å². The normalized spacial score (nSPS) is 23.2. The zero-order chi connectivity index (χ0) is 11.5. The van der Waals surface area contributed by atoms with E-state index in [1.807, 2.05) is 19.2 Å². The highest BCUT2D eigenvalue weighted by atomic mass is 15.2. The van der Waals surface area contributed by atoms with Crippen LogP contribution < -0.4 is 10.6 Å². The number of pyridine rings is 1. The minimum atomic E-state index is 0.0211. The van der Waals surface area contributed by atoms with Crippen LogP contribution in [-0.4, -0.2) is 17.6 Å². The van der Waals surface area contributed by atoms with Crippen LogP contribution in [-0.2, 0) is 0 Å². The fourth-order valence-electron chi connectivity index (χ4n) is 2.32. The summed E-state index contributed by atoms with van der Waals surface area (Å²) in [6.45, 7) is 5.41. The Labute approximate surface area is 97.7 Å². The summed E-state index contributed by atoms with van der Waals surface area (Å²) >= 11 is 0. The Bertz CT molecular complexity index is 332. The third kappa shape index (κ3) is 2.35. The van der Waals surface area contributed by atoms with Crippen LogP contribution in [0, 0.1) is 0 Å². The molecule has 1 aromatic rings. The molecule has 0 aromatic carbocycles. The van der Waals surface area contributed by atoms with Crippen LogP contribution in [0.1, 0.15) is 44.8 Å². The molecule has 2 rings (SSSR count). The van der Waals surface area contributed by atoms with Gasteiger partial charge in [-0.15, -0.1) is 0 Å². The molecule has 16 heavy (non-hydrogen) atoms. The summed E-state index contributed by atoms with van der Waals surface area (Å²) in [5.74, 6) is 0. The molecule has 0 saturated carbocycles. The molecule has 0 radical (unpaired) electrons. The average molecular weight is 219 g/mol. The van der Waals surface area contributed by atoms with Crippen molar-refractivity contribution in [3.8, 4) is 0 Å². The fraction of sp³-hybridized carbons (Fsp3) is 0.615. The van der Waals surface area contributed by atoms with Gasteiger partial charge in [-0.3, -0.25) is 4.98 Å². The Kier molecular flexibility index (Phi) is 3.44. The number of nitrogens with two attached hydrogens (primary N) is 1. The molecule has 0 amide bonds. The zero-order valence-electron chi connectivity index (χ0n) is 10.2. The first kappa shape index (κ1) is 11.4. The molecule has 2 atom stereocenters. The highest BCUT2D eigenvalue weighted by Gasteiger charge is 2.18. The van der Waals surface area contributed by atoms with E-state index in [0.717, 1.165) is 12.2 Å². The van der Waals surface area contributed by atoms with Crippen LogP contribution >= 0.6 is 0 Å². The molecule has 2 heterocycles. The summed E-state index contributed by atoms with van der Waals surface area (Å²) in [7, 11) is 0. The van der Waals surface area contributed by atoms with E-state index >= 15 is 0 Å². The summed E-state index contributed by atoms with van der Waals surface area (Å²) in [6, 6.07) is 4.85. The van der Waals surface area contributed by atoms with Crippen molar-refractivity contribution in [1.29, 1.82) is 0 Å². The lowest BCUT2D eigenvalue weighted by Crippen LogP contribution is -2.37. The van der Waals surface area contributed by atoms with Crippen molar-refractivity contribution >= 4 is 5.69 Å². The van der Waals surface area contributed by atoms with Gasteiger partial charge in [0.1, 0.15) is 0 Å². The van der Waals surface area contributed by atoms with E-state index in [-0.39, 0.29) is 6.04 Å². The van der Waals surface area contributed by atoms with Crippen molar-refractivity contribution in [1.82, 2.24) is 4.98 Å². The Morgan fingerprint density at radius 3 is 2.81 bits per heavy atom. The first-order valence-electron chi connectivity index (χ1n) is 6.16. The molecule has 2 N–H and O–H groups in total. The number of hydrogen-bond acceptors (Lipinski definition) is 3. The summed E-state index contributed by atoms with van der Waals surface area (Å²) in [5.41, 5.74) is 7.99. The van der Waals surface area contributed by atoms with Crippen LogP contribution in [0.5, 0.6) is 0 Å². The topological polar surface area (TPSA) is 42.1 Å². The second-order valence-electron chi connectivity index (χ2n) is 4.77. The lowest BCUT2D eigenvalue weighted by atomic mass is 10.0. The van der Waals surface area contributed by atoms with Gasteiger partial charge in [-0.1, -0.05) is 0 Å². The van der Waals surface area contributed by atoms with Crippen molar-refractivity contribution in [3.63, 3.8) is 0 Å². The summed E-state index contributed by atoms with van der Waals surface area (Å²) in [4.78, 5) is 6.87. The van der Waals surface area contributed by atoms with Crippen molar-refractivity contribution in [2.24, 2.45) is 5.73 Å². The number of hydrogen-bond donors (Lipinski definition) is 1. The molecule has 0 spiro atoms. The first-order valence-corrected chi connectivity index (χ1v) is 6.16. The molecule has 1 aliphatic rings. The van der Waals surface area contributed by atoms with Gasteiger partial charge < -0.3 is 10.6 Å². The number of rotatable bonds is 2. The Balaban J connectivity index is 2.14. The van der Waals surface area contributed by atoms with E-state index in [4.69, 9.17) is 5.73 Å². The van der Waals surface area contributed by atoms with Gasteiger partial charge >= 0.3 is 0 Å². The number of nitrogens with zero attached hydrogens (tertiary/aromatic N) is 2. The third-order valence-corrected chi connectivity index (χ3v) is 3.37. The smallest absolute Gasteiger partial charge is 0.0569 e. The average Bonchev–Trinajstić information content (AvgIpc) is 2.30. The van der Waals surface area contributed by atoms with Gasteiger partial charge in [0.25, 0.3) is 0 Å². The predicted octanol–water partition coefficient (Wildman–Crippen LogP) is 2.48. The van der Waals surface area contributed by atoms with Crippen LogP contribution in [0.4, 0.5) is 5.69 Å². The second-order valence-corrected chi connectivity index (χ2v) is 4.77. The number of anilines is 1. The monoisotopic (exact) mass is 219 g/mol. The van der Waals surface area contributed by atoms with Crippen molar-refractivity contribution in [2.45, 2.75) is 45.2 Å². The van der Waals surface area contributed by atoms with E-state index in [2.05, 4.69) is 22.9 Å². The van der Waals surface area contributed by atoms with E-state index in [1.165, 1.54) is 24.9 Å². The maximum Gasteiger partial charge on any atom is 0.0569 e. The van der Waals surface area contributed by atoms with Crippen LogP contribution in [0.3, 0.4) is 0 Å². The predicted molar refractivity (Wildman–Crippen MR) is 67.5 cm³/mol. The third-order valence-electron chi connectivity index (χ3n) is 3.37. The Morgan fingerprint density at radius 2 is 2.25 bits per heavy atom. The molecule has 1 aromatic heterocycles. The lowest BCUT2D eigenvalue weighted by Gasteiger charge is -2.35. The molecule has 3 nitrogen and oxygen atoms in total. The maximum atomic E-state index is 5.79. The van der Waals surface area contributed by atoms with Gasteiger partial charge in [-0.25, -0.2) is 0 Å². The molecule has 1 saturated heterocycles. The molecule has 88 valence electrons. The van der Waals surface area contributed by atoms with Gasteiger partial charge in [-0.05, 0) is 45.2 Å². The molecule has 1 aliphatic heterocycles. The Morgan fingerprint density at radius 1 is 1.44 bits per heavy atom. The molecule has 0 bridgehead atoms. The van der Waals surface area contributed by atoms with Crippen LogP contribution in [0.15, 0.2) is 18.3 Å². The van der Waals surface area contributed by atoms with E-state index in [9.17, 15) is 0 Å². The van der Waals surface area contributed by atoms with Gasteiger partial charge in [0.05, 0.1) is 17.6 Å². The Hall–Kier alpha value is -1.09. The minimum Gasteiger partial charge on any atom is -0.368 e. The summed E-state index contributed by atoms with van der Waals surface area (Å²) < 4.78 is 0. The van der Waals surface area contributed by atoms with Crippen LogP contribution in [0.25, 0.3) is 0 Å². The standard InChI is InChI=1S/C13H21N3/c1-10-5-3-4-8-16(10)12-6-7-13(11(2)14)15-9-12/h6-7,9-11H,3-5,8,14H2,1-2H3/t10?,11-/m1/s1. The molecule has 3 heteroatoms. The maximum absolute atomic E-state index is 5.79. The van der Waals surface area contributed by atoms with Gasteiger partial charge in [0.15, 0.2) is 0 Å². The first-order chi connectivity index (χ1) is 7.68. The number of piperidine rings is 1. The van der Waals surface area contributed by atoms with Gasteiger partial charge in [-0.2, -0.15) is 0 Å². The van der Waals surface area contributed by atoms with E-state index in [0.29, 0.717) is 6.04 Å². The van der Waals surface area contributed by atoms with Gasteiger partial charge in [0, 0.05) is 18.6 Å². The summed E-state index contributed by atoms with van der Waals surface area (Å²) in [5, 5.41) is 0. The van der Waals surface area contributed by atoms with Crippen molar-refractivity contribution < 1.29 is 0 Å². The lowest BCUT2D eigenvalue weighted by molar-refractivity contribution is 0.484. The number of aromatic nitrogens is 1. The largest absolute Gasteiger partial charge is 0.368 e. The summed E-state index contributed by atoms with van der Waals surface area (Å²) in [6.07, 6.45) is 5.89.